The largest absolute Gasteiger partial charge is 0.480 e. The van der Waals surface area contributed by atoms with Crippen molar-refractivity contribution >= 4 is 12.0 Å². The number of hydrogen-bond acceptors (Lipinski definition) is 4. The molecule has 3 unspecified atom stereocenters. The molecule has 0 aliphatic rings. The number of carboxylic acid groups (broad SMARTS) is 1. The van der Waals surface area contributed by atoms with E-state index < -0.39 is 18.0 Å². The average Bonchev–Trinajstić information content (AvgIpc) is 2.44. The van der Waals surface area contributed by atoms with Crippen molar-refractivity contribution in [2.45, 2.75) is 39.3 Å². The van der Waals surface area contributed by atoms with Crippen molar-refractivity contribution in [2.24, 2.45) is 5.92 Å². The fourth-order valence-electron chi connectivity index (χ4n) is 1.94. The molecule has 0 aromatic heterocycles. The predicted molar refractivity (Wildman–Crippen MR) is 79.3 cm³/mol. The first kappa shape index (κ1) is 19.7. The quantitative estimate of drug-likeness (QED) is 0.633. The number of nitrogens with zero attached hydrogens (tertiary/aromatic N) is 1. The first-order valence-corrected chi connectivity index (χ1v) is 7.16. The molecular weight excluding hydrogens is 276 g/mol. The molecule has 3 atom stereocenters. The van der Waals surface area contributed by atoms with Crippen LogP contribution >= 0.6 is 0 Å². The first-order chi connectivity index (χ1) is 9.88. The first-order valence-electron chi connectivity index (χ1n) is 7.16. The molecule has 0 aromatic carbocycles. The van der Waals surface area contributed by atoms with Crippen LogP contribution in [-0.2, 0) is 14.3 Å². The number of aliphatic carboxylic acids is 1. The molecular formula is C14H28N2O5. The standard InChI is InChI=1S/C14H28N2O5/c1-6-10(2)12(13(17)18)15-14(19)16(7-8-20-4)11(3)9-21-5/h10-12H,6-9H2,1-5H3,(H,15,19)(H,17,18). The van der Waals surface area contributed by atoms with Gasteiger partial charge in [0.25, 0.3) is 0 Å². The predicted octanol–water partition coefficient (Wildman–Crippen LogP) is 1.18. The molecule has 0 fully saturated rings. The number of hydrogen-bond donors (Lipinski definition) is 2. The van der Waals surface area contributed by atoms with E-state index in [9.17, 15) is 14.7 Å². The van der Waals surface area contributed by atoms with E-state index in [1.807, 2.05) is 13.8 Å². The van der Waals surface area contributed by atoms with Gasteiger partial charge in [-0.05, 0) is 12.8 Å². The van der Waals surface area contributed by atoms with E-state index in [1.165, 1.54) is 4.90 Å². The van der Waals surface area contributed by atoms with Gasteiger partial charge in [-0.2, -0.15) is 0 Å². The Kier molecular flexibility index (Phi) is 9.73. The summed E-state index contributed by atoms with van der Waals surface area (Å²) >= 11 is 0. The summed E-state index contributed by atoms with van der Waals surface area (Å²) < 4.78 is 10.1. The minimum absolute atomic E-state index is 0.145. The zero-order valence-corrected chi connectivity index (χ0v) is 13.6. The Morgan fingerprint density at radius 2 is 1.86 bits per heavy atom. The van der Waals surface area contributed by atoms with Crippen LogP contribution in [0.5, 0.6) is 0 Å². The molecule has 2 N–H and O–H groups in total. The molecule has 0 rings (SSSR count). The van der Waals surface area contributed by atoms with Crippen LogP contribution in [0.4, 0.5) is 4.79 Å². The SMILES string of the molecule is CCC(C)C(NC(=O)N(CCOC)C(C)COC)C(=O)O. The highest BCUT2D eigenvalue weighted by atomic mass is 16.5. The summed E-state index contributed by atoms with van der Waals surface area (Å²) in [5, 5.41) is 11.8. The molecule has 0 saturated carbocycles. The second-order valence-corrected chi connectivity index (χ2v) is 5.14. The van der Waals surface area contributed by atoms with Crippen molar-refractivity contribution < 1.29 is 24.2 Å². The number of methoxy groups -OCH3 is 2. The molecule has 0 aromatic rings. The van der Waals surface area contributed by atoms with E-state index in [-0.39, 0.29) is 12.0 Å². The van der Waals surface area contributed by atoms with Gasteiger partial charge in [0.05, 0.1) is 19.3 Å². The maximum absolute atomic E-state index is 12.3. The monoisotopic (exact) mass is 304 g/mol. The highest BCUT2D eigenvalue weighted by Crippen LogP contribution is 2.09. The van der Waals surface area contributed by atoms with Crippen LogP contribution in [0, 0.1) is 5.92 Å². The van der Waals surface area contributed by atoms with Gasteiger partial charge in [0.15, 0.2) is 0 Å². The molecule has 7 heteroatoms. The molecule has 2 amide bonds. The van der Waals surface area contributed by atoms with E-state index in [1.54, 1.807) is 21.1 Å². The van der Waals surface area contributed by atoms with Crippen LogP contribution in [0.2, 0.25) is 0 Å². The van der Waals surface area contributed by atoms with Gasteiger partial charge in [-0.25, -0.2) is 9.59 Å². The minimum atomic E-state index is -1.02. The zero-order valence-electron chi connectivity index (χ0n) is 13.6. The highest BCUT2D eigenvalue weighted by molar-refractivity contribution is 5.83. The van der Waals surface area contributed by atoms with Gasteiger partial charge in [-0.3, -0.25) is 0 Å². The van der Waals surface area contributed by atoms with Gasteiger partial charge in [0, 0.05) is 20.8 Å². The number of ether oxygens (including phenoxy) is 2. The molecule has 124 valence electrons. The normalized spacial score (nSPS) is 15.1. The Hall–Kier alpha value is -1.34. The topological polar surface area (TPSA) is 88.1 Å². The van der Waals surface area contributed by atoms with Crippen LogP contribution < -0.4 is 5.32 Å². The van der Waals surface area contributed by atoms with Crippen molar-refractivity contribution in [3.63, 3.8) is 0 Å². The summed E-state index contributed by atoms with van der Waals surface area (Å²) in [5.41, 5.74) is 0. The molecule has 7 nitrogen and oxygen atoms in total. The number of carboxylic acids is 1. The number of carbonyl (C=O) groups is 2. The summed E-state index contributed by atoms with van der Waals surface area (Å²) in [7, 11) is 3.11. The van der Waals surface area contributed by atoms with E-state index in [2.05, 4.69) is 5.32 Å². The van der Waals surface area contributed by atoms with Gasteiger partial charge >= 0.3 is 12.0 Å². The summed E-state index contributed by atoms with van der Waals surface area (Å²) in [5.74, 6) is -1.17. The van der Waals surface area contributed by atoms with E-state index in [4.69, 9.17) is 9.47 Å². The van der Waals surface area contributed by atoms with Gasteiger partial charge in [0.2, 0.25) is 0 Å². The number of nitrogens with one attached hydrogen (secondary N) is 1. The number of amides is 2. The van der Waals surface area contributed by atoms with Gasteiger partial charge < -0.3 is 24.8 Å². The average molecular weight is 304 g/mol. The van der Waals surface area contributed by atoms with Crippen molar-refractivity contribution in [2.75, 3.05) is 34.0 Å². The smallest absolute Gasteiger partial charge is 0.326 e. The Morgan fingerprint density at radius 1 is 1.24 bits per heavy atom. The lowest BCUT2D eigenvalue weighted by atomic mass is 9.99. The maximum Gasteiger partial charge on any atom is 0.326 e. The summed E-state index contributed by atoms with van der Waals surface area (Å²) in [6, 6.07) is -1.48. The van der Waals surface area contributed by atoms with Crippen LogP contribution in [-0.4, -0.2) is 68.1 Å². The molecule has 0 aliphatic heterocycles. The third kappa shape index (κ3) is 6.77. The Morgan fingerprint density at radius 3 is 2.29 bits per heavy atom. The van der Waals surface area contributed by atoms with Crippen LogP contribution in [0.3, 0.4) is 0 Å². The lowest BCUT2D eigenvalue weighted by Crippen LogP contribution is -2.54. The Balaban J connectivity index is 4.87. The van der Waals surface area contributed by atoms with Crippen molar-refractivity contribution in [3.05, 3.63) is 0 Å². The molecule has 0 radical (unpaired) electrons. The molecule has 0 heterocycles. The molecule has 0 saturated heterocycles. The maximum atomic E-state index is 12.3. The van der Waals surface area contributed by atoms with Gasteiger partial charge in [0.1, 0.15) is 6.04 Å². The summed E-state index contributed by atoms with van der Waals surface area (Å²) in [6.07, 6.45) is 0.670. The molecule has 21 heavy (non-hydrogen) atoms. The summed E-state index contributed by atoms with van der Waals surface area (Å²) in [4.78, 5) is 25.2. The van der Waals surface area contributed by atoms with Crippen LogP contribution in [0.15, 0.2) is 0 Å². The van der Waals surface area contributed by atoms with E-state index in [0.29, 0.717) is 26.2 Å². The van der Waals surface area contributed by atoms with E-state index in [0.717, 1.165) is 0 Å². The van der Waals surface area contributed by atoms with Crippen LogP contribution in [0.25, 0.3) is 0 Å². The third-order valence-corrected chi connectivity index (χ3v) is 3.50. The van der Waals surface area contributed by atoms with Gasteiger partial charge in [-0.15, -0.1) is 0 Å². The lowest BCUT2D eigenvalue weighted by Gasteiger charge is -2.31. The van der Waals surface area contributed by atoms with Crippen molar-refractivity contribution in [1.29, 1.82) is 0 Å². The number of rotatable bonds is 10. The Bertz CT molecular complexity index is 324. The fraction of sp³-hybridized carbons (Fsp3) is 0.857. The second-order valence-electron chi connectivity index (χ2n) is 5.14. The summed E-state index contributed by atoms with van der Waals surface area (Å²) in [6.45, 7) is 6.67. The number of urea groups is 1. The van der Waals surface area contributed by atoms with Crippen molar-refractivity contribution in [3.8, 4) is 0 Å². The highest BCUT2D eigenvalue weighted by Gasteiger charge is 2.29. The molecule has 0 aliphatic carbocycles. The number of carbonyl (C=O) groups excluding carboxylic acids is 1. The fourth-order valence-corrected chi connectivity index (χ4v) is 1.94. The van der Waals surface area contributed by atoms with E-state index >= 15 is 0 Å². The Labute approximate surface area is 126 Å². The minimum Gasteiger partial charge on any atom is -0.480 e. The molecule has 0 spiro atoms. The van der Waals surface area contributed by atoms with Crippen LogP contribution in [0.1, 0.15) is 27.2 Å². The third-order valence-electron chi connectivity index (χ3n) is 3.50. The molecule has 0 bridgehead atoms. The van der Waals surface area contributed by atoms with Crippen molar-refractivity contribution in [1.82, 2.24) is 10.2 Å². The van der Waals surface area contributed by atoms with Gasteiger partial charge in [-0.1, -0.05) is 20.3 Å². The second kappa shape index (κ2) is 10.4. The zero-order chi connectivity index (χ0) is 16.4. The lowest BCUT2D eigenvalue weighted by molar-refractivity contribution is -0.140.